The minimum absolute atomic E-state index is 0.102. The molecule has 2 aromatic carbocycles. The Balaban J connectivity index is 1.41. The Kier molecular flexibility index (Phi) is 6.39. The van der Waals surface area contributed by atoms with E-state index in [2.05, 4.69) is 31.4 Å². The number of carbonyl (C=O) groups is 1. The molecule has 0 aliphatic rings. The zero-order valence-electron chi connectivity index (χ0n) is 20.8. The Labute approximate surface area is 213 Å². The highest BCUT2D eigenvalue weighted by molar-refractivity contribution is 5.95. The lowest BCUT2D eigenvalue weighted by Gasteiger charge is -2.29. The Bertz CT molecular complexity index is 1610. The second-order valence-corrected chi connectivity index (χ2v) is 10.1. The van der Waals surface area contributed by atoms with Crippen LogP contribution in [0, 0.1) is 11.2 Å². The van der Waals surface area contributed by atoms with Gasteiger partial charge < -0.3 is 10.4 Å². The van der Waals surface area contributed by atoms with Crippen molar-refractivity contribution >= 4 is 22.6 Å². The second-order valence-electron chi connectivity index (χ2n) is 10.1. The summed E-state index contributed by atoms with van der Waals surface area (Å²) in [7, 11) is 0. The predicted octanol–water partition coefficient (Wildman–Crippen LogP) is 4.21. The van der Waals surface area contributed by atoms with Gasteiger partial charge in [0.05, 0.1) is 41.8 Å². The third kappa shape index (κ3) is 5.03. The summed E-state index contributed by atoms with van der Waals surface area (Å²) < 4.78 is 16.6. The third-order valence-electron chi connectivity index (χ3n) is 6.40. The molecule has 1 amide bonds. The first-order chi connectivity index (χ1) is 17.7. The van der Waals surface area contributed by atoms with Gasteiger partial charge >= 0.3 is 0 Å². The average Bonchev–Trinajstić information content (AvgIpc) is 3.28. The van der Waals surface area contributed by atoms with Gasteiger partial charge in [0.25, 0.3) is 11.7 Å². The molecule has 0 radical (unpaired) electrons. The number of aliphatic hydroxyl groups is 1. The van der Waals surface area contributed by atoms with Crippen molar-refractivity contribution in [2.45, 2.75) is 33.2 Å². The van der Waals surface area contributed by atoms with Crippen LogP contribution in [0.15, 0.2) is 67.1 Å². The molecule has 5 rings (SSSR count). The van der Waals surface area contributed by atoms with Crippen LogP contribution in [0.1, 0.15) is 42.4 Å². The average molecular weight is 499 g/mol. The van der Waals surface area contributed by atoms with E-state index in [1.807, 2.05) is 45.0 Å². The van der Waals surface area contributed by atoms with E-state index in [1.54, 1.807) is 23.0 Å². The molecule has 1 unspecified atom stereocenters. The first-order valence-corrected chi connectivity index (χ1v) is 12.0. The number of halogens is 1. The van der Waals surface area contributed by atoms with E-state index in [4.69, 9.17) is 0 Å². The number of benzene rings is 2. The van der Waals surface area contributed by atoms with Crippen LogP contribution < -0.4 is 5.32 Å². The fourth-order valence-electron chi connectivity index (χ4n) is 4.15. The van der Waals surface area contributed by atoms with Gasteiger partial charge in [0.2, 0.25) is 0 Å². The molecule has 3 aromatic heterocycles. The van der Waals surface area contributed by atoms with Crippen LogP contribution >= 0.6 is 0 Å². The SMILES string of the molecule is CC(C)(C)C(CO)NC(=O)c1ccc(-c2cnc3ncc(Cc4ccc5ncccc5c4)n3n2)cc1F. The van der Waals surface area contributed by atoms with Gasteiger partial charge in [0, 0.05) is 23.6 Å². The molecule has 2 N–H and O–H groups in total. The van der Waals surface area contributed by atoms with Crippen LogP contribution in [0.4, 0.5) is 4.39 Å². The molecule has 0 aliphatic heterocycles. The normalized spacial score (nSPS) is 12.7. The Hall–Kier alpha value is -4.24. The highest BCUT2D eigenvalue weighted by Crippen LogP contribution is 2.23. The van der Waals surface area contributed by atoms with Crippen molar-refractivity contribution in [1.82, 2.24) is 29.9 Å². The summed E-state index contributed by atoms with van der Waals surface area (Å²) >= 11 is 0. The lowest BCUT2D eigenvalue weighted by atomic mass is 9.87. The summed E-state index contributed by atoms with van der Waals surface area (Å²) in [6, 6.07) is 13.8. The first-order valence-electron chi connectivity index (χ1n) is 12.0. The number of hydrogen-bond donors (Lipinski definition) is 2. The lowest BCUT2D eigenvalue weighted by molar-refractivity contribution is 0.0844. The van der Waals surface area contributed by atoms with Gasteiger partial charge in [-0.3, -0.25) is 9.78 Å². The fourth-order valence-corrected chi connectivity index (χ4v) is 4.15. The van der Waals surface area contributed by atoms with Crippen LogP contribution in [0.3, 0.4) is 0 Å². The molecule has 0 fully saturated rings. The van der Waals surface area contributed by atoms with Crippen molar-refractivity contribution in [3.05, 3.63) is 89.8 Å². The highest BCUT2D eigenvalue weighted by atomic mass is 19.1. The number of aliphatic hydroxyl groups excluding tert-OH is 1. The zero-order chi connectivity index (χ0) is 26.2. The van der Waals surface area contributed by atoms with Crippen LogP contribution in [-0.2, 0) is 6.42 Å². The molecule has 5 aromatic rings. The van der Waals surface area contributed by atoms with E-state index in [1.165, 1.54) is 18.3 Å². The van der Waals surface area contributed by atoms with Crippen LogP contribution in [-0.4, -0.2) is 48.2 Å². The van der Waals surface area contributed by atoms with Gasteiger partial charge in [-0.2, -0.15) is 5.10 Å². The molecule has 188 valence electrons. The minimum Gasteiger partial charge on any atom is -0.394 e. The summed E-state index contributed by atoms with van der Waals surface area (Å²) in [6.07, 6.45) is 5.61. The molecule has 1 atom stereocenters. The molecule has 9 heteroatoms. The number of fused-ring (bicyclic) bond motifs is 2. The maximum atomic E-state index is 15.0. The van der Waals surface area contributed by atoms with Gasteiger partial charge in [0.1, 0.15) is 11.5 Å². The van der Waals surface area contributed by atoms with E-state index in [9.17, 15) is 14.3 Å². The molecule has 0 bridgehead atoms. The quantitative estimate of drug-likeness (QED) is 0.363. The lowest BCUT2D eigenvalue weighted by Crippen LogP contribution is -2.46. The number of amides is 1. The Morgan fingerprint density at radius 3 is 2.65 bits per heavy atom. The van der Waals surface area contributed by atoms with Crippen molar-refractivity contribution in [2.75, 3.05) is 6.61 Å². The van der Waals surface area contributed by atoms with Crippen LogP contribution in [0.5, 0.6) is 0 Å². The number of nitrogens with one attached hydrogen (secondary N) is 1. The topological polar surface area (TPSA) is 105 Å². The maximum Gasteiger partial charge on any atom is 0.254 e. The van der Waals surface area contributed by atoms with E-state index >= 15 is 0 Å². The number of carbonyl (C=O) groups excluding carboxylic acids is 1. The molecular weight excluding hydrogens is 471 g/mol. The third-order valence-corrected chi connectivity index (χ3v) is 6.40. The van der Waals surface area contributed by atoms with Crippen molar-refractivity contribution in [3.8, 4) is 11.3 Å². The molecule has 8 nitrogen and oxygen atoms in total. The maximum absolute atomic E-state index is 15.0. The van der Waals surface area contributed by atoms with Gasteiger partial charge in [-0.1, -0.05) is 39.0 Å². The zero-order valence-corrected chi connectivity index (χ0v) is 20.8. The smallest absolute Gasteiger partial charge is 0.254 e. The number of imidazole rings is 1. The standard InChI is InChI=1S/C28H27FN6O2/c1-28(2,3)25(16-36)33-26(37)21-8-7-19(13-22(21)29)24-15-32-27-31-14-20(35(27)34-24)12-17-6-9-23-18(11-17)5-4-10-30-23/h4-11,13-15,25,36H,12,16H2,1-3H3,(H,33,37). The molecule has 3 heterocycles. The Morgan fingerprint density at radius 2 is 1.89 bits per heavy atom. The molecule has 0 saturated carbocycles. The Morgan fingerprint density at radius 1 is 1.08 bits per heavy atom. The number of nitrogens with zero attached hydrogens (tertiary/aromatic N) is 5. The summed E-state index contributed by atoms with van der Waals surface area (Å²) in [6.45, 7) is 5.44. The largest absolute Gasteiger partial charge is 0.394 e. The van der Waals surface area contributed by atoms with E-state index in [0.29, 0.717) is 23.5 Å². The van der Waals surface area contributed by atoms with Gasteiger partial charge in [-0.25, -0.2) is 18.9 Å². The summed E-state index contributed by atoms with van der Waals surface area (Å²) in [4.78, 5) is 25.8. The monoisotopic (exact) mass is 498 g/mol. The molecule has 0 spiro atoms. The predicted molar refractivity (Wildman–Crippen MR) is 139 cm³/mol. The number of rotatable bonds is 6. The molecule has 0 aliphatic carbocycles. The first kappa shape index (κ1) is 24.5. The van der Waals surface area contributed by atoms with Crippen LogP contribution in [0.2, 0.25) is 0 Å². The highest BCUT2D eigenvalue weighted by Gasteiger charge is 2.27. The fraction of sp³-hybridized carbons (Fsp3) is 0.250. The number of aromatic nitrogens is 5. The van der Waals surface area contributed by atoms with E-state index in [-0.39, 0.29) is 17.6 Å². The van der Waals surface area contributed by atoms with Crippen molar-refractivity contribution in [2.24, 2.45) is 5.41 Å². The minimum atomic E-state index is -0.682. The van der Waals surface area contributed by atoms with Crippen molar-refractivity contribution < 1.29 is 14.3 Å². The van der Waals surface area contributed by atoms with Gasteiger partial charge in [0.15, 0.2) is 0 Å². The van der Waals surface area contributed by atoms with Crippen molar-refractivity contribution in [1.29, 1.82) is 0 Å². The number of hydrogen-bond acceptors (Lipinski definition) is 6. The molecular formula is C28H27FN6O2. The molecule has 37 heavy (non-hydrogen) atoms. The van der Waals surface area contributed by atoms with Crippen LogP contribution in [0.25, 0.3) is 27.9 Å². The summed E-state index contributed by atoms with van der Waals surface area (Å²) in [5.74, 6) is -0.824. The molecule has 0 saturated heterocycles. The summed E-state index contributed by atoms with van der Waals surface area (Å²) in [5, 5.41) is 18.0. The van der Waals surface area contributed by atoms with Gasteiger partial charge in [-0.15, -0.1) is 0 Å². The summed E-state index contributed by atoms with van der Waals surface area (Å²) in [5.41, 5.74) is 3.29. The van der Waals surface area contributed by atoms with Crippen molar-refractivity contribution in [3.63, 3.8) is 0 Å². The van der Waals surface area contributed by atoms with E-state index in [0.717, 1.165) is 22.2 Å². The van der Waals surface area contributed by atoms with Gasteiger partial charge in [-0.05, 0) is 41.3 Å². The van der Waals surface area contributed by atoms with E-state index < -0.39 is 17.8 Å². The number of pyridine rings is 1. The second kappa shape index (κ2) is 9.67.